The molecule has 4 atom stereocenters. The average Bonchev–Trinajstić information content (AvgIpc) is 2.69. The molecular formula is C26H39ClN2O. The predicted molar refractivity (Wildman–Crippen MR) is 125 cm³/mol. The summed E-state index contributed by atoms with van der Waals surface area (Å²) in [4.78, 5) is 13.8. The standard InChI is InChI=1S/C26H39ClN2O/c1-3-4-5-6-19(2)25-14-20-13-24(16-25,11-12-27)17-26(15-20,18-25)23(30)29-22-9-7-21(28)8-10-22/h3-6,20-22H,2,7-18,28H2,1H3,(H,29,30)/b4-3-,6-5-/t20?,21?,22?,24-,25-,26?/m1/s1. The SMILES string of the molecule is C=C(/C=C\C=C/C)[C@]12CC3CC(C(=O)NC4CCC(N)CC4)(C[C@](CCCl)(C3)C1)C2. The molecule has 0 heterocycles. The highest BCUT2D eigenvalue weighted by molar-refractivity contribution is 6.17. The number of amides is 1. The van der Waals surface area contributed by atoms with Crippen molar-refractivity contribution in [3.63, 3.8) is 0 Å². The number of nitrogens with one attached hydrogen (secondary N) is 1. The lowest BCUT2D eigenvalue weighted by Gasteiger charge is -2.66. The number of rotatable bonds is 7. The fraction of sp³-hybridized carbons (Fsp3) is 0.731. The zero-order chi connectivity index (χ0) is 21.4. The normalized spacial score (nSPS) is 42.8. The Morgan fingerprint density at radius 1 is 1.10 bits per heavy atom. The van der Waals surface area contributed by atoms with E-state index in [1.165, 1.54) is 18.4 Å². The van der Waals surface area contributed by atoms with E-state index in [9.17, 15) is 4.79 Å². The van der Waals surface area contributed by atoms with Crippen LogP contribution in [0.3, 0.4) is 0 Å². The minimum Gasteiger partial charge on any atom is -0.353 e. The topological polar surface area (TPSA) is 55.1 Å². The number of carbonyl (C=O) groups excluding carboxylic acids is 1. The first-order valence-corrected chi connectivity index (χ1v) is 12.5. The van der Waals surface area contributed by atoms with Crippen LogP contribution in [0.2, 0.25) is 0 Å². The van der Waals surface area contributed by atoms with E-state index in [0.717, 1.165) is 57.8 Å². The van der Waals surface area contributed by atoms with Gasteiger partial charge in [-0.05, 0) is 99.9 Å². The van der Waals surface area contributed by atoms with Gasteiger partial charge in [0.25, 0.3) is 0 Å². The van der Waals surface area contributed by atoms with Gasteiger partial charge in [-0.3, -0.25) is 4.79 Å². The maximum absolute atomic E-state index is 13.8. The highest BCUT2D eigenvalue weighted by atomic mass is 35.5. The van der Waals surface area contributed by atoms with Crippen molar-refractivity contribution >= 4 is 17.5 Å². The van der Waals surface area contributed by atoms with E-state index in [0.29, 0.717) is 29.8 Å². The van der Waals surface area contributed by atoms with Crippen molar-refractivity contribution in [1.29, 1.82) is 0 Å². The highest BCUT2D eigenvalue weighted by Gasteiger charge is 2.65. The van der Waals surface area contributed by atoms with Gasteiger partial charge in [0.15, 0.2) is 0 Å². The first-order chi connectivity index (χ1) is 14.3. The minimum absolute atomic E-state index is 0.0514. The predicted octanol–water partition coefficient (Wildman–Crippen LogP) is 5.65. The molecule has 4 bridgehead atoms. The monoisotopic (exact) mass is 430 g/mol. The van der Waals surface area contributed by atoms with Gasteiger partial charge in [-0.2, -0.15) is 0 Å². The number of allylic oxidation sites excluding steroid dienone is 5. The fourth-order valence-corrected chi connectivity index (χ4v) is 8.19. The number of alkyl halides is 1. The maximum atomic E-state index is 13.8. The summed E-state index contributed by atoms with van der Waals surface area (Å²) in [5.74, 6) is 1.60. The first-order valence-electron chi connectivity index (χ1n) is 12.0. The molecule has 0 aromatic carbocycles. The molecule has 5 fully saturated rings. The number of hydrogen-bond acceptors (Lipinski definition) is 2. The Hall–Kier alpha value is -1.06. The van der Waals surface area contributed by atoms with Crippen LogP contribution in [0, 0.1) is 22.2 Å². The Bertz CT molecular complexity index is 737. The van der Waals surface area contributed by atoms with Crippen LogP contribution < -0.4 is 11.1 Å². The largest absolute Gasteiger partial charge is 0.353 e. The van der Waals surface area contributed by atoms with Crippen LogP contribution in [-0.4, -0.2) is 23.9 Å². The van der Waals surface area contributed by atoms with Crippen molar-refractivity contribution in [2.45, 2.75) is 89.6 Å². The molecule has 1 amide bonds. The van der Waals surface area contributed by atoms with Gasteiger partial charge in [0.1, 0.15) is 0 Å². The zero-order valence-electron chi connectivity index (χ0n) is 18.6. The molecule has 5 rings (SSSR count). The Balaban J connectivity index is 1.60. The second-order valence-electron chi connectivity index (χ2n) is 11.0. The second kappa shape index (κ2) is 8.47. The van der Waals surface area contributed by atoms with E-state index in [2.05, 4.69) is 30.1 Å². The Labute approximate surface area is 187 Å². The number of halogens is 1. The molecule has 0 aromatic heterocycles. The van der Waals surface area contributed by atoms with Crippen LogP contribution in [0.4, 0.5) is 0 Å². The molecule has 0 saturated heterocycles. The number of carbonyl (C=O) groups is 1. The van der Waals surface area contributed by atoms with Gasteiger partial charge in [0.2, 0.25) is 5.91 Å². The van der Waals surface area contributed by atoms with Gasteiger partial charge in [-0.1, -0.05) is 30.9 Å². The summed E-state index contributed by atoms with van der Waals surface area (Å²) >= 11 is 6.30. The van der Waals surface area contributed by atoms with Crippen molar-refractivity contribution in [2.75, 3.05) is 5.88 Å². The Morgan fingerprint density at radius 2 is 1.80 bits per heavy atom. The lowest BCUT2D eigenvalue weighted by molar-refractivity contribution is -0.170. The molecule has 5 aliphatic carbocycles. The molecule has 0 aliphatic heterocycles. The first kappa shape index (κ1) is 22.1. The van der Waals surface area contributed by atoms with Crippen LogP contribution in [0.15, 0.2) is 36.5 Å². The summed E-state index contributed by atoms with van der Waals surface area (Å²) < 4.78 is 0. The minimum atomic E-state index is -0.248. The van der Waals surface area contributed by atoms with Gasteiger partial charge in [-0.25, -0.2) is 0 Å². The summed E-state index contributed by atoms with van der Waals surface area (Å²) in [5, 5.41) is 3.48. The van der Waals surface area contributed by atoms with Gasteiger partial charge >= 0.3 is 0 Å². The van der Waals surface area contributed by atoms with Crippen LogP contribution in [0.1, 0.15) is 77.6 Å². The molecule has 2 unspecified atom stereocenters. The van der Waals surface area contributed by atoms with E-state index in [1.807, 2.05) is 13.0 Å². The smallest absolute Gasteiger partial charge is 0.226 e. The average molecular weight is 431 g/mol. The molecule has 0 spiro atoms. The quantitative estimate of drug-likeness (QED) is 0.405. The van der Waals surface area contributed by atoms with Crippen molar-refractivity contribution in [3.05, 3.63) is 36.5 Å². The van der Waals surface area contributed by atoms with Gasteiger partial charge in [0.05, 0.1) is 5.41 Å². The Morgan fingerprint density at radius 3 is 2.50 bits per heavy atom. The third kappa shape index (κ3) is 4.05. The van der Waals surface area contributed by atoms with Crippen LogP contribution in [0.25, 0.3) is 0 Å². The zero-order valence-corrected chi connectivity index (χ0v) is 19.4. The van der Waals surface area contributed by atoms with Crippen molar-refractivity contribution in [1.82, 2.24) is 5.32 Å². The molecule has 0 radical (unpaired) electrons. The Kier molecular flexibility index (Phi) is 6.25. The lowest BCUT2D eigenvalue weighted by atomic mass is 9.37. The summed E-state index contributed by atoms with van der Waals surface area (Å²) in [6, 6.07) is 0.600. The second-order valence-corrected chi connectivity index (χ2v) is 11.4. The third-order valence-corrected chi connectivity index (χ3v) is 8.87. The maximum Gasteiger partial charge on any atom is 0.226 e. The molecule has 3 nitrogen and oxygen atoms in total. The summed E-state index contributed by atoms with van der Waals surface area (Å²) in [6.45, 7) is 6.56. The lowest BCUT2D eigenvalue weighted by Crippen LogP contribution is -2.62. The number of hydrogen-bond donors (Lipinski definition) is 2. The molecule has 5 aliphatic rings. The molecule has 30 heavy (non-hydrogen) atoms. The molecular weight excluding hydrogens is 392 g/mol. The van der Waals surface area contributed by atoms with Crippen molar-refractivity contribution < 1.29 is 4.79 Å². The molecule has 0 aromatic rings. The molecule has 4 heteroatoms. The van der Waals surface area contributed by atoms with Gasteiger partial charge < -0.3 is 11.1 Å². The van der Waals surface area contributed by atoms with Crippen molar-refractivity contribution in [3.8, 4) is 0 Å². The van der Waals surface area contributed by atoms with E-state index >= 15 is 0 Å². The third-order valence-electron chi connectivity index (χ3n) is 8.68. The molecule has 5 saturated carbocycles. The van der Waals surface area contributed by atoms with E-state index in [-0.39, 0.29) is 16.2 Å². The van der Waals surface area contributed by atoms with Crippen LogP contribution in [-0.2, 0) is 4.79 Å². The van der Waals surface area contributed by atoms with E-state index in [4.69, 9.17) is 17.3 Å². The summed E-state index contributed by atoms with van der Waals surface area (Å²) in [7, 11) is 0. The van der Waals surface area contributed by atoms with Crippen LogP contribution in [0.5, 0.6) is 0 Å². The number of nitrogens with two attached hydrogens (primary N) is 1. The highest BCUT2D eigenvalue weighted by Crippen LogP contribution is 2.72. The van der Waals surface area contributed by atoms with Gasteiger partial charge in [0, 0.05) is 18.0 Å². The fourth-order valence-electron chi connectivity index (χ4n) is 7.79. The van der Waals surface area contributed by atoms with E-state index in [1.54, 1.807) is 0 Å². The van der Waals surface area contributed by atoms with Crippen molar-refractivity contribution in [2.24, 2.45) is 27.9 Å². The molecule has 3 N–H and O–H groups in total. The van der Waals surface area contributed by atoms with Gasteiger partial charge in [-0.15, -0.1) is 11.6 Å². The van der Waals surface area contributed by atoms with Crippen LogP contribution >= 0.6 is 11.6 Å². The molecule has 166 valence electrons. The summed E-state index contributed by atoms with van der Waals surface area (Å²) in [5.41, 5.74) is 7.29. The van der Waals surface area contributed by atoms with E-state index < -0.39 is 0 Å². The summed E-state index contributed by atoms with van der Waals surface area (Å²) in [6.07, 6.45) is 20.1.